The number of hydrogen-bond donors (Lipinski definition) is 0. The van der Waals surface area contributed by atoms with Crippen molar-refractivity contribution in [1.29, 1.82) is 0 Å². The largest absolute Gasteiger partial charge is 0.462 e. The number of carbonyl (C=O) groups is 1. The number of para-hydroxylation sites is 1. The van der Waals surface area contributed by atoms with Crippen LogP contribution in [0.4, 0.5) is 5.69 Å². The summed E-state index contributed by atoms with van der Waals surface area (Å²) in [5.74, 6) is 2.08. The molecule has 0 atom stereocenters. The monoisotopic (exact) mass is 406 g/mol. The normalized spacial score (nSPS) is 17.5. The van der Waals surface area contributed by atoms with Gasteiger partial charge in [-0.1, -0.05) is 23.4 Å². The first-order valence-electron chi connectivity index (χ1n) is 10.8. The predicted molar refractivity (Wildman–Crippen MR) is 113 cm³/mol. The van der Waals surface area contributed by atoms with E-state index in [0.29, 0.717) is 24.0 Å². The Morgan fingerprint density at radius 3 is 2.73 bits per heavy atom. The number of benzene rings is 1. The molecule has 3 heterocycles. The molecular weight excluding hydrogens is 380 g/mol. The number of anilines is 1. The lowest BCUT2D eigenvalue weighted by molar-refractivity contribution is 0.0526. The average molecular weight is 406 g/mol. The summed E-state index contributed by atoms with van der Waals surface area (Å²) < 4.78 is 10.8. The zero-order chi connectivity index (χ0) is 20.7. The molecule has 2 fully saturated rings. The van der Waals surface area contributed by atoms with E-state index in [0.717, 1.165) is 72.6 Å². The lowest BCUT2D eigenvalue weighted by atomic mass is 9.94. The van der Waals surface area contributed by atoms with Crippen molar-refractivity contribution in [2.24, 2.45) is 0 Å². The Hall–Kier alpha value is -2.96. The number of ether oxygens (including phenoxy) is 1. The first-order valence-corrected chi connectivity index (χ1v) is 10.8. The summed E-state index contributed by atoms with van der Waals surface area (Å²) in [5.41, 5.74) is 3.48. The SMILES string of the molecule is CCOC(=O)c1cnc2c(C)cccc2c1N1CCC(c2noc(C3CC3)n2)CC1. The van der Waals surface area contributed by atoms with Crippen molar-refractivity contribution in [3.05, 3.63) is 47.2 Å². The van der Waals surface area contributed by atoms with Gasteiger partial charge in [-0.15, -0.1) is 0 Å². The smallest absolute Gasteiger partial charge is 0.341 e. The standard InChI is InChI=1S/C23H26N4O3/c1-3-29-23(28)18-13-24-19-14(2)5-4-6-17(19)20(18)27-11-9-15(10-12-27)21-25-22(30-26-21)16-7-8-16/h4-6,13,15-16H,3,7-12H2,1-2H3. The number of esters is 1. The van der Waals surface area contributed by atoms with Crippen molar-refractivity contribution in [2.45, 2.75) is 51.4 Å². The maximum atomic E-state index is 12.7. The third kappa shape index (κ3) is 3.42. The fourth-order valence-electron chi connectivity index (χ4n) is 4.33. The number of piperidine rings is 1. The Labute approximate surface area is 175 Å². The highest BCUT2D eigenvalue weighted by molar-refractivity contribution is 6.05. The van der Waals surface area contributed by atoms with Crippen LogP contribution < -0.4 is 4.90 Å². The highest BCUT2D eigenvalue weighted by Gasteiger charge is 2.32. The van der Waals surface area contributed by atoms with Gasteiger partial charge in [0, 0.05) is 36.5 Å². The van der Waals surface area contributed by atoms with Crippen LogP contribution in [0.3, 0.4) is 0 Å². The molecule has 30 heavy (non-hydrogen) atoms. The first kappa shape index (κ1) is 19.0. The molecule has 7 nitrogen and oxygen atoms in total. The minimum Gasteiger partial charge on any atom is -0.462 e. The zero-order valence-corrected chi connectivity index (χ0v) is 17.4. The Morgan fingerprint density at radius 1 is 1.20 bits per heavy atom. The molecule has 0 N–H and O–H groups in total. The highest BCUT2D eigenvalue weighted by atomic mass is 16.5. The fraction of sp³-hybridized carbons (Fsp3) is 0.478. The van der Waals surface area contributed by atoms with E-state index in [1.165, 1.54) is 0 Å². The lowest BCUT2D eigenvalue weighted by Crippen LogP contribution is -2.34. The molecule has 0 bridgehead atoms. The van der Waals surface area contributed by atoms with Crippen LogP contribution in [0.1, 0.15) is 72.1 Å². The number of nitrogens with zero attached hydrogens (tertiary/aromatic N) is 4. The minimum atomic E-state index is -0.322. The van der Waals surface area contributed by atoms with E-state index in [1.807, 2.05) is 32.0 Å². The molecule has 1 saturated heterocycles. The predicted octanol–water partition coefficient (Wildman–Crippen LogP) is 4.36. The van der Waals surface area contributed by atoms with Gasteiger partial charge >= 0.3 is 5.97 Å². The zero-order valence-electron chi connectivity index (χ0n) is 17.4. The molecule has 2 aromatic heterocycles. The third-order valence-corrected chi connectivity index (χ3v) is 6.13. The van der Waals surface area contributed by atoms with Gasteiger partial charge in [-0.2, -0.15) is 4.98 Å². The molecule has 1 saturated carbocycles. The Bertz CT molecular complexity index is 1080. The van der Waals surface area contributed by atoms with Crippen LogP contribution >= 0.6 is 0 Å². The minimum absolute atomic E-state index is 0.290. The number of carbonyl (C=O) groups excluding carboxylic acids is 1. The lowest BCUT2D eigenvalue weighted by Gasteiger charge is -2.34. The molecule has 1 aliphatic carbocycles. The highest BCUT2D eigenvalue weighted by Crippen LogP contribution is 2.40. The molecule has 1 aromatic carbocycles. The van der Waals surface area contributed by atoms with Crippen molar-refractivity contribution < 1.29 is 14.1 Å². The van der Waals surface area contributed by atoms with Gasteiger partial charge in [-0.05, 0) is 45.1 Å². The number of pyridine rings is 1. The summed E-state index contributed by atoms with van der Waals surface area (Å²) in [6.45, 7) is 5.84. The summed E-state index contributed by atoms with van der Waals surface area (Å²) in [5, 5.41) is 5.24. The van der Waals surface area contributed by atoms with Crippen molar-refractivity contribution >= 4 is 22.6 Å². The molecule has 156 valence electrons. The summed E-state index contributed by atoms with van der Waals surface area (Å²) in [7, 11) is 0. The van der Waals surface area contributed by atoms with E-state index >= 15 is 0 Å². The van der Waals surface area contributed by atoms with Crippen LogP contribution in [0, 0.1) is 6.92 Å². The maximum absolute atomic E-state index is 12.7. The van der Waals surface area contributed by atoms with Gasteiger partial charge in [0.05, 0.1) is 17.8 Å². The maximum Gasteiger partial charge on any atom is 0.341 e. The Morgan fingerprint density at radius 2 is 2.00 bits per heavy atom. The number of aryl methyl sites for hydroxylation is 1. The van der Waals surface area contributed by atoms with E-state index in [9.17, 15) is 4.79 Å². The van der Waals surface area contributed by atoms with Gasteiger partial charge in [0.1, 0.15) is 5.56 Å². The first-order chi connectivity index (χ1) is 14.7. The second-order valence-corrected chi connectivity index (χ2v) is 8.24. The van der Waals surface area contributed by atoms with Crippen molar-refractivity contribution in [3.63, 3.8) is 0 Å². The summed E-state index contributed by atoms with van der Waals surface area (Å²) in [6, 6.07) is 6.10. The van der Waals surface area contributed by atoms with Crippen LogP contribution in [-0.4, -0.2) is 40.8 Å². The molecule has 1 aliphatic heterocycles. The summed E-state index contributed by atoms with van der Waals surface area (Å²) in [4.78, 5) is 24.2. The third-order valence-electron chi connectivity index (χ3n) is 6.13. The molecule has 3 aromatic rings. The van der Waals surface area contributed by atoms with E-state index in [-0.39, 0.29) is 5.97 Å². The van der Waals surface area contributed by atoms with Gasteiger partial charge in [0.2, 0.25) is 5.89 Å². The topological polar surface area (TPSA) is 81.4 Å². The van der Waals surface area contributed by atoms with E-state index in [2.05, 4.69) is 20.0 Å². The van der Waals surface area contributed by atoms with Crippen LogP contribution in [0.25, 0.3) is 10.9 Å². The van der Waals surface area contributed by atoms with E-state index < -0.39 is 0 Å². The number of aromatic nitrogens is 3. The number of hydrogen-bond acceptors (Lipinski definition) is 7. The second kappa shape index (κ2) is 7.70. The average Bonchev–Trinajstić information content (AvgIpc) is 3.50. The van der Waals surface area contributed by atoms with Gasteiger partial charge in [-0.3, -0.25) is 4.98 Å². The Kier molecular flexibility index (Phi) is 4.89. The van der Waals surface area contributed by atoms with Gasteiger partial charge in [-0.25, -0.2) is 4.79 Å². The van der Waals surface area contributed by atoms with Crippen molar-refractivity contribution in [1.82, 2.24) is 15.1 Å². The molecular formula is C23H26N4O3. The molecule has 0 radical (unpaired) electrons. The molecule has 7 heteroatoms. The van der Waals surface area contributed by atoms with E-state index in [1.54, 1.807) is 6.20 Å². The number of fused-ring (bicyclic) bond motifs is 1. The molecule has 0 spiro atoms. The number of rotatable bonds is 5. The molecule has 2 aliphatic rings. The summed E-state index contributed by atoms with van der Waals surface area (Å²) >= 11 is 0. The van der Waals surface area contributed by atoms with Gasteiger partial charge in [0.15, 0.2) is 5.82 Å². The van der Waals surface area contributed by atoms with Crippen molar-refractivity contribution in [2.75, 3.05) is 24.6 Å². The fourth-order valence-corrected chi connectivity index (χ4v) is 4.33. The van der Waals surface area contributed by atoms with Crippen LogP contribution in [0.5, 0.6) is 0 Å². The van der Waals surface area contributed by atoms with Crippen LogP contribution in [0.2, 0.25) is 0 Å². The van der Waals surface area contributed by atoms with Crippen LogP contribution in [0.15, 0.2) is 28.9 Å². The molecule has 5 rings (SSSR count). The van der Waals surface area contributed by atoms with Gasteiger partial charge < -0.3 is 14.2 Å². The van der Waals surface area contributed by atoms with Gasteiger partial charge in [0.25, 0.3) is 0 Å². The quantitative estimate of drug-likeness (QED) is 0.582. The second-order valence-electron chi connectivity index (χ2n) is 8.24. The van der Waals surface area contributed by atoms with E-state index in [4.69, 9.17) is 9.26 Å². The molecule has 0 unspecified atom stereocenters. The Balaban J connectivity index is 1.44. The molecule has 0 amide bonds. The van der Waals surface area contributed by atoms with Crippen LogP contribution in [-0.2, 0) is 4.74 Å². The van der Waals surface area contributed by atoms with Crippen molar-refractivity contribution in [3.8, 4) is 0 Å². The summed E-state index contributed by atoms with van der Waals surface area (Å²) in [6.07, 6.45) is 5.81.